The van der Waals surface area contributed by atoms with Crippen LogP contribution in [0.2, 0.25) is 0 Å². The van der Waals surface area contributed by atoms with Crippen molar-refractivity contribution >= 4 is 17.5 Å². The fourth-order valence-corrected chi connectivity index (χ4v) is 2.58. The highest BCUT2D eigenvalue weighted by atomic mass is 32.2. The SMILES string of the molecule is Cc1ccc(C)c(C(=O)C(C)SCC(C)C)c1. The normalized spacial score (nSPS) is 12.8. The maximum absolute atomic E-state index is 12.3. The van der Waals surface area contributed by atoms with Crippen LogP contribution in [0.5, 0.6) is 0 Å². The summed E-state index contributed by atoms with van der Waals surface area (Å²) >= 11 is 1.75. The van der Waals surface area contributed by atoms with E-state index in [4.69, 9.17) is 0 Å². The molecule has 0 fully saturated rings. The number of aryl methyl sites for hydroxylation is 2. The third kappa shape index (κ3) is 4.19. The summed E-state index contributed by atoms with van der Waals surface area (Å²) in [4.78, 5) is 12.3. The summed E-state index contributed by atoms with van der Waals surface area (Å²) < 4.78 is 0. The van der Waals surface area contributed by atoms with Gasteiger partial charge < -0.3 is 0 Å². The molecule has 94 valence electrons. The number of carbonyl (C=O) groups is 1. The monoisotopic (exact) mass is 250 g/mol. The van der Waals surface area contributed by atoms with Crippen LogP contribution in [0, 0.1) is 19.8 Å². The number of ketones is 1. The number of rotatable bonds is 5. The van der Waals surface area contributed by atoms with Crippen molar-refractivity contribution in [1.82, 2.24) is 0 Å². The van der Waals surface area contributed by atoms with Crippen molar-refractivity contribution in [3.63, 3.8) is 0 Å². The Hall–Kier alpha value is -0.760. The molecule has 1 aromatic carbocycles. The molecule has 0 aliphatic rings. The van der Waals surface area contributed by atoms with E-state index < -0.39 is 0 Å². The lowest BCUT2D eigenvalue weighted by molar-refractivity contribution is 0.0993. The lowest BCUT2D eigenvalue weighted by Gasteiger charge is -2.14. The van der Waals surface area contributed by atoms with E-state index in [1.54, 1.807) is 11.8 Å². The predicted octanol–water partition coefficient (Wildman–Crippen LogP) is 4.26. The van der Waals surface area contributed by atoms with Gasteiger partial charge in [-0.05, 0) is 44.1 Å². The van der Waals surface area contributed by atoms with Gasteiger partial charge in [-0.3, -0.25) is 4.79 Å². The summed E-state index contributed by atoms with van der Waals surface area (Å²) in [5.41, 5.74) is 3.12. The summed E-state index contributed by atoms with van der Waals surface area (Å²) in [6.45, 7) is 10.4. The quantitative estimate of drug-likeness (QED) is 0.726. The molecule has 1 atom stereocenters. The second-order valence-corrected chi connectivity index (χ2v) is 6.43. The second-order valence-electron chi connectivity index (χ2n) is 5.05. The molecule has 0 saturated heterocycles. The Labute approximate surface area is 109 Å². The first-order valence-corrected chi connectivity index (χ1v) is 7.19. The Morgan fingerprint density at radius 1 is 1.24 bits per heavy atom. The summed E-state index contributed by atoms with van der Waals surface area (Å²) in [6, 6.07) is 6.09. The zero-order valence-electron chi connectivity index (χ0n) is 11.4. The van der Waals surface area contributed by atoms with Gasteiger partial charge in [0.05, 0.1) is 5.25 Å². The van der Waals surface area contributed by atoms with Crippen molar-refractivity contribution in [2.75, 3.05) is 5.75 Å². The maximum Gasteiger partial charge on any atom is 0.175 e. The minimum atomic E-state index is 0.0536. The zero-order valence-corrected chi connectivity index (χ0v) is 12.2. The summed E-state index contributed by atoms with van der Waals surface area (Å²) in [7, 11) is 0. The molecule has 0 amide bonds. The summed E-state index contributed by atoms with van der Waals surface area (Å²) in [6.07, 6.45) is 0. The van der Waals surface area contributed by atoms with Crippen molar-refractivity contribution in [2.45, 2.75) is 39.9 Å². The van der Waals surface area contributed by atoms with Gasteiger partial charge in [-0.1, -0.05) is 31.5 Å². The standard InChI is InChI=1S/C15H22OS/c1-10(2)9-17-13(5)15(16)14-8-11(3)6-7-12(14)4/h6-8,10,13H,9H2,1-5H3. The molecule has 0 aliphatic carbocycles. The van der Waals surface area contributed by atoms with E-state index in [2.05, 4.69) is 19.9 Å². The Balaban J connectivity index is 2.78. The maximum atomic E-state index is 12.3. The number of carbonyl (C=O) groups excluding carboxylic acids is 1. The summed E-state index contributed by atoms with van der Waals surface area (Å²) in [5, 5.41) is 0.0536. The highest BCUT2D eigenvalue weighted by molar-refractivity contribution is 8.00. The van der Waals surface area contributed by atoms with Gasteiger partial charge >= 0.3 is 0 Å². The second kappa shape index (κ2) is 6.25. The van der Waals surface area contributed by atoms with Crippen molar-refractivity contribution in [1.29, 1.82) is 0 Å². The zero-order chi connectivity index (χ0) is 13.0. The third-order valence-electron chi connectivity index (χ3n) is 2.71. The van der Waals surface area contributed by atoms with Crippen molar-refractivity contribution in [3.05, 3.63) is 34.9 Å². The van der Waals surface area contributed by atoms with Gasteiger partial charge in [-0.2, -0.15) is 11.8 Å². The molecule has 0 spiro atoms. The van der Waals surface area contributed by atoms with Gasteiger partial charge in [0.1, 0.15) is 0 Å². The van der Waals surface area contributed by atoms with Gasteiger partial charge in [0.25, 0.3) is 0 Å². The Morgan fingerprint density at radius 2 is 1.88 bits per heavy atom. The Kier molecular flexibility index (Phi) is 5.26. The van der Waals surface area contributed by atoms with Gasteiger partial charge in [-0.25, -0.2) is 0 Å². The molecular formula is C15H22OS. The van der Waals surface area contributed by atoms with E-state index in [1.165, 1.54) is 0 Å². The highest BCUT2D eigenvalue weighted by Gasteiger charge is 2.17. The average Bonchev–Trinajstić information content (AvgIpc) is 2.28. The van der Waals surface area contributed by atoms with E-state index in [-0.39, 0.29) is 11.0 Å². The number of benzene rings is 1. The van der Waals surface area contributed by atoms with E-state index in [0.29, 0.717) is 5.92 Å². The molecule has 17 heavy (non-hydrogen) atoms. The highest BCUT2D eigenvalue weighted by Crippen LogP contribution is 2.21. The van der Waals surface area contributed by atoms with Crippen LogP contribution in [-0.4, -0.2) is 16.8 Å². The number of Topliss-reactive ketones (excluding diaryl/α,β-unsaturated/α-hetero) is 1. The number of thioether (sulfide) groups is 1. The molecule has 1 unspecified atom stereocenters. The van der Waals surface area contributed by atoms with Crippen LogP contribution < -0.4 is 0 Å². The van der Waals surface area contributed by atoms with Crippen molar-refractivity contribution < 1.29 is 4.79 Å². The first kappa shape index (κ1) is 14.3. The number of hydrogen-bond acceptors (Lipinski definition) is 2. The third-order valence-corrected chi connectivity index (χ3v) is 4.28. The molecule has 0 aromatic heterocycles. The molecule has 2 heteroatoms. The number of hydrogen-bond donors (Lipinski definition) is 0. The first-order chi connectivity index (χ1) is 7.91. The van der Waals surface area contributed by atoms with Crippen LogP contribution in [0.25, 0.3) is 0 Å². The molecule has 0 radical (unpaired) electrons. The van der Waals surface area contributed by atoms with Crippen LogP contribution in [0.4, 0.5) is 0 Å². The fraction of sp³-hybridized carbons (Fsp3) is 0.533. The minimum absolute atomic E-state index is 0.0536. The van der Waals surface area contributed by atoms with Gasteiger partial charge in [0, 0.05) is 5.56 Å². The van der Waals surface area contributed by atoms with E-state index in [0.717, 1.165) is 22.4 Å². The van der Waals surface area contributed by atoms with Crippen molar-refractivity contribution in [2.24, 2.45) is 5.92 Å². The van der Waals surface area contributed by atoms with Gasteiger partial charge in [-0.15, -0.1) is 0 Å². The predicted molar refractivity (Wildman–Crippen MR) is 77.0 cm³/mol. The van der Waals surface area contributed by atoms with E-state index in [1.807, 2.05) is 32.9 Å². The molecule has 1 rings (SSSR count). The molecule has 0 aliphatic heterocycles. The summed E-state index contributed by atoms with van der Waals surface area (Å²) in [5.74, 6) is 1.93. The molecule has 0 heterocycles. The average molecular weight is 250 g/mol. The first-order valence-electron chi connectivity index (χ1n) is 6.15. The van der Waals surface area contributed by atoms with Crippen LogP contribution >= 0.6 is 11.8 Å². The smallest absolute Gasteiger partial charge is 0.175 e. The van der Waals surface area contributed by atoms with E-state index in [9.17, 15) is 4.79 Å². The van der Waals surface area contributed by atoms with Crippen LogP contribution in [0.1, 0.15) is 42.3 Å². The molecule has 0 N–H and O–H groups in total. The van der Waals surface area contributed by atoms with Crippen LogP contribution in [0.15, 0.2) is 18.2 Å². The van der Waals surface area contributed by atoms with Gasteiger partial charge in [0.15, 0.2) is 5.78 Å². The van der Waals surface area contributed by atoms with Crippen molar-refractivity contribution in [3.8, 4) is 0 Å². The van der Waals surface area contributed by atoms with Crippen LogP contribution in [0.3, 0.4) is 0 Å². The Bertz CT molecular complexity index is 396. The topological polar surface area (TPSA) is 17.1 Å². The van der Waals surface area contributed by atoms with Gasteiger partial charge in [0.2, 0.25) is 0 Å². The molecular weight excluding hydrogens is 228 g/mol. The molecule has 0 bridgehead atoms. The lowest BCUT2D eigenvalue weighted by Crippen LogP contribution is -2.16. The molecule has 1 nitrogen and oxygen atoms in total. The van der Waals surface area contributed by atoms with E-state index >= 15 is 0 Å². The van der Waals surface area contributed by atoms with Crippen LogP contribution in [-0.2, 0) is 0 Å². The fourth-order valence-electron chi connectivity index (χ4n) is 1.63. The largest absolute Gasteiger partial charge is 0.293 e. The minimum Gasteiger partial charge on any atom is -0.293 e. The lowest BCUT2D eigenvalue weighted by atomic mass is 10.0. The molecule has 1 aromatic rings. The molecule has 0 saturated carbocycles. The Morgan fingerprint density at radius 3 is 2.47 bits per heavy atom.